The Bertz CT molecular complexity index is 380. The summed E-state index contributed by atoms with van der Waals surface area (Å²) in [7, 11) is 1.87. The molecule has 0 amide bonds. The highest BCUT2D eigenvalue weighted by Gasteiger charge is 2.34. The Kier molecular flexibility index (Phi) is 2.80. The van der Waals surface area contributed by atoms with Crippen molar-refractivity contribution in [3.8, 4) is 0 Å². The lowest BCUT2D eigenvalue weighted by Gasteiger charge is -2.29. The summed E-state index contributed by atoms with van der Waals surface area (Å²) in [6, 6.07) is 0. The summed E-state index contributed by atoms with van der Waals surface area (Å²) in [4.78, 5) is 0. The average Bonchev–Trinajstić information content (AvgIpc) is 2.81. The number of nitrogen functional groups attached to an aromatic ring is 1. The predicted octanol–water partition coefficient (Wildman–Crippen LogP) is 1.03. The molecule has 0 spiro atoms. The van der Waals surface area contributed by atoms with Gasteiger partial charge >= 0.3 is 0 Å². The van der Waals surface area contributed by atoms with Crippen molar-refractivity contribution in [2.75, 3.05) is 17.7 Å². The monoisotopic (exact) mass is 224 g/mol. The number of hydrogen-bond donors (Lipinski definition) is 3. The first kappa shape index (κ1) is 11.3. The van der Waals surface area contributed by atoms with Crippen molar-refractivity contribution in [1.29, 1.82) is 0 Å². The third-order valence-corrected chi connectivity index (χ3v) is 3.52. The van der Waals surface area contributed by atoms with E-state index in [1.807, 2.05) is 14.0 Å². The molecule has 0 unspecified atom stereocenters. The molecule has 1 aliphatic rings. The van der Waals surface area contributed by atoms with Gasteiger partial charge in [0.15, 0.2) is 0 Å². The fourth-order valence-electron chi connectivity index (χ4n) is 2.45. The lowest BCUT2D eigenvalue weighted by atomic mass is 9.99. The number of nitrogens with two attached hydrogens (primary N) is 1. The Morgan fingerprint density at radius 3 is 2.56 bits per heavy atom. The molecular formula is C11H20N4O. The van der Waals surface area contributed by atoms with Crippen LogP contribution in [0.1, 0.15) is 31.4 Å². The summed E-state index contributed by atoms with van der Waals surface area (Å²) in [5.74, 6) is 0.827. The van der Waals surface area contributed by atoms with Gasteiger partial charge in [-0.05, 0) is 19.8 Å². The second-order valence-corrected chi connectivity index (χ2v) is 4.74. The van der Waals surface area contributed by atoms with Crippen LogP contribution in [-0.2, 0) is 7.05 Å². The van der Waals surface area contributed by atoms with E-state index in [1.165, 1.54) is 0 Å². The van der Waals surface area contributed by atoms with Crippen LogP contribution in [-0.4, -0.2) is 27.0 Å². The number of aromatic nitrogens is 2. The first-order valence-corrected chi connectivity index (χ1v) is 5.76. The number of aliphatic hydroxyl groups is 1. The Balaban J connectivity index is 2.25. The normalized spacial score (nSPS) is 18.9. The fraction of sp³-hybridized carbons (Fsp3) is 0.727. The molecule has 5 heteroatoms. The van der Waals surface area contributed by atoms with Crippen LogP contribution >= 0.6 is 0 Å². The molecule has 16 heavy (non-hydrogen) atoms. The van der Waals surface area contributed by atoms with Gasteiger partial charge in [0.05, 0.1) is 23.5 Å². The second-order valence-electron chi connectivity index (χ2n) is 4.74. The maximum absolute atomic E-state index is 9.53. The third-order valence-electron chi connectivity index (χ3n) is 3.52. The summed E-state index contributed by atoms with van der Waals surface area (Å²) in [5.41, 5.74) is 7.28. The summed E-state index contributed by atoms with van der Waals surface area (Å²) >= 11 is 0. The van der Waals surface area contributed by atoms with Gasteiger partial charge in [-0.1, -0.05) is 12.8 Å². The van der Waals surface area contributed by atoms with E-state index in [4.69, 9.17) is 5.73 Å². The largest absolute Gasteiger partial charge is 0.394 e. The Morgan fingerprint density at radius 2 is 2.12 bits per heavy atom. The van der Waals surface area contributed by atoms with Gasteiger partial charge in [0, 0.05) is 7.05 Å². The van der Waals surface area contributed by atoms with E-state index in [1.54, 1.807) is 4.68 Å². The van der Waals surface area contributed by atoms with Crippen LogP contribution in [0.15, 0.2) is 0 Å². The van der Waals surface area contributed by atoms with Crippen LogP contribution in [0.4, 0.5) is 11.5 Å². The quantitative estimate of drug-likeness (QED) is 0.716. The molecule has 0 saturated heterocycles. The number of anilines is 2. The smallest absolute Gasteiger partial charge is 0.148 e. The number of nitrogens with zero attached hydrogens (tertiary/aromatic N) is 2. The van der Waals surface area contributed by atoms with Crippen molar-refractivity contribution in [2.45, 2.75) is 38.1 Å². The molecule has 1 aromatic heterocycles. The van der Waals surface area contributed by atoms with Crippen LogP contribution in [0.2, 0.25) is 0 Å². The van der Waals surface area contributed by atoms with E-state index < -0.39 is 0 Å². The zero-order chi connectivity index (χ0) is 11.8. The van der Waals surface area contributed by atoms with E-state index in [-0.39, 0.29) is 12.1 Å². The summed E-state index contributed by atoms with van der Waals surface area (Å²) in [6.07, 6.45) is 4.30. The van der Waals surface area contributed by atoms with Crippen molar-refractivity contribution < 1.29 is 5.11 Å². The van der Waals surface area contributed by atoms with Crippen molar-refractivity contribution >= 4 is 11.5 Å². The van der Waals surface area contributed by atoms with Gasteiger partial charge in [0.1, 0.15) is 5.82 Å². The van der Waals surface area contributed by atoms with Gasteiger partial charge in [-0.15, -0.1) is 0 Å². The molecular weight excluding hydrogens is 204 g/mol. The molecule has 2 rings (SSSR count). The van der Waals surface area contributed by atoms with Crippen LogP contribution < -0.4 is 11.1 Å². The molecule has 1 heterocycles. The third kappa shape index (κ3) is 1.75. The molecule has 5 nitrogen and oxygen atoms in total. The molecule has 1 saturated carbocycles. The van der Waals surface area contributed by atoms with E-state index in [2.05, 4.69) is 10.4 Å². The molecule has 1 aliphatic carbocycles. The highest BCUT2D eigenvalue weighted by Crippen LogP contribution is 2.34. The molecule has 1 aromatic rings. The highest BCUT2D eigenvalue weighted by molar-refractivity contribution is 5.65. The van der Waals surface area contributed by atoms with Crippen LogP contribution in [0, 0.1) is 6.92 Å². The van der Waals surface area contributed by atoms with Crippen molar-refractivity contribution in [1.82, 2.24) is 9.78 Å². The topological polar surface area (TPSA) is 76.1 Å². The van der Waals surface area contributed by atoms with Gasteiger partial charge in [-0.25, -0.2) is 0 Å². The lowest BCUT2D eigenvalue weighted by Crippen LogP contribution is -2.39. The van der Waals surface area contributed by atoms with Crippen molar-refractivity contribution in [2.24, 2.45) is 7.05 Å². The number of nitrogens with one attached hydrogen (secondary N) is 1. The van der Waals surface area contributed by atoms with E-state index in [0.29, 0.717) is 5.69 Å². The van der Waals surface area contributed by atoms with Gasteiger partial charge < -0.3 is 16.2 Å². The fourth-order valence-corrected chi connectivity index (χ4v) is 2.45. The standard InChI is InChI=1S/C11H20N4O/c1-8-9(12)10(15(2)14-8)13-11(7-16)5-3-4-6-11/h13,16H,3-7,12H2,1-2H3. The molecule has 0 aliphatic heterocycles. The predicted molar refractivity (Wildman–Crippen MR) is 64.3 cm³/mol. The SMILES string of the molecule is Cc1nn(C)c(NC2(CO)CCCC2)c1N. The maximum atomic E-state index is 9.53. The highest BCUT2D eigenvalue weighted by atomic mass is 16.3. The molecule has 90 valence electrons. The number of rotatable bonds is 3. The van der Waals surface area contributed by atoms with Crippen LogP contribution in [0.25, 0.3) is 0 Å². The number of aliphatic hydroxyl groups excluding tert-OH is 1. The second kappa shape index (κ2) is 3.97. The number of hydrogen-bond acceptors (Lipinski definition) is 4. The first-order valence-electron chi connectivity index (χ1n) is 5.76. The Labute approximate surface area is 95.6 Å². The minimum atomic E-state index is -0.200. The molecule has 0 bridgehead atoms. The Hall–Kier alpha value is -1.23. The molecule has 4 N–H and O–H groups in total. The molecule has 1 fully saturated rings. The van der Waals surface area contributed by atoms with Gasteiger partial charge in [-0.3, -0.25) is 4.68 Å². The summed E-state index contributed by atoms with van der Waals surface area (Å²) in [5, 5.41) is 17.2. The van der Waals surface area contributed by atoms with E-state index >= 15 is 0 Å². The zero-order valence-corrected chi connectivity index (χ0v) is 9.95. The van der Waals surface area contributed by atoms with Crippen LogP contribution in [0.5, 0.6) is 0 Å². The summed E-state index contributed by atoms with van der Waals surface area (Å²) < 4.78 is 1.75. The van der Waals surface area contributed by atoms with Crippen molar-refractivity contribution in [3.05, 3.63) is 5.69 Å². The average molecular weight is 224 g/mol. The zero-order valence-electron chi connectivity index (χ0n) is 9.95. The van der Waals surface area contributed by atoms with Gasteiger partial charge in [0.25, 0.3) is 0 Å². The van der Waals surface area contributed by atoms with Gasteiger partial charge in [0.2, 0.25) is 0 Å². The summed E-state index contributed by atoms with van der Waals surface area (Å²) in [6.45, 7) is 2.04. The van der Waals surface area contributed by atoms with Gasteiger partial charge in [-0.2, -0.15) is 5.10 Å². The van der Waals surface area contributed by atoms with E-state index in [9.17, 15) is 5.11 Å². The first-order chi connectivity index (χ1) is 7.58. The molecule has 0 aromatic carbocycles. The number of aryl methyl sites for hydroxylation is 2. The minimum absolute atomic E-state index is 0.149. The minimum Gasteiger partial charge on any atom is -0.394 e. The molecule has 0 radical (unpaired) electrons. The molecule has 0 atom stereocenters. The van der Waals surface area contributed by atoms with Crippen molar-refractivity contribution in [3.63, 3.8) is 0 Å². The van der Waals surface area contributed by atoms with E-state index in [0.717, 1.165) is 37.2 Å². The lowest BCUT2D eigenvalue weighted by molar-refractivity contribution is 0.213. The maximum Gasteiger partial charge on any atom is 0.148 e. The Morgan fingerprint density at radius 1 is 1.50 bits per heavy atom. The van der Waals surface area contributed by atoms with Crippen LogP contribution in [0.3, 0.4) is 0 Å².